The minimum Gasteiger partial charge on any atom is -0.363 e. The second-order valence-corrected chi connectivity index (χ2v) is 6.81. The highest BCUT2D eigenvalue weighted by Crippen LogP contribution is 2.32. The van der Waals surface area contributed by atoms with Gasteiger partial charge in [0.05, 0.1) is 5.56 Å². The van der Waals surface area contributed by atoms with Gasteiger partial charge in [-0.3, -0.25) is 0 Å². The number of nitrogens with one attached hydrogen (secondary N) is 1. The summed E-state index contributed by atoms with van der Waals surface area (Å²) in [6, 6.07) is 7.55. The first-order chi connectivity index (χ1) is 12.1. The molecule has 1 atom stereocenters. The van der Waals surface area contributed by atoms with E-state index in [-0.39, 0.29) is 5.52 Å². The summed E-state index contributed by atoms with van der Waals surface area (Å²) < 4.78 is 53.5. The number of alkyl halides is 3. The van der Waals surface area contributed by atoms with Crippen LogP contribution >= 0.6 is 15.9 Å². The predicted octanol–water partition coefficient (Wildman–Crippen LogP) is 6.03. The number of nitrogens with zero attached hydrogens (tertiary/aromatic N) is 2. The van der Waals surface area contributed by atoms with Crippen LogP contribution in [0.3, 0.4) is 0 Å². The molecule has 0 fully saturated rings. The van der Waals surface area contributed by atoms with E-state index >= 15 is 0 Å². The summed E-state index contributed by atoms with van der Waals surface area (Å²) in [6.45, 7) is 3.34. The molecule has 0 saturated heterocycles. The van der Waals surface area contributed by atoms with Crippen LogP contribution in [0.5, 0.6) is 0 Å². The van der Waals surface area contributed by atoms with Gasteiger partial charge in [-0.15, -0.1) is 0 Å². The molecule has 0 aliphatic rings. The Morgan fingerprint density at radius 1 is 1.12 bits per heavy atom. The van der Waals surface area contributed by atoms with E-state index < -0.39 is 23.6 Å². The lowest BCUT2D eigenvalue weighted by Gasteiger charge is -2.18. The Labute approximate surface area is 155 Å². The monoisotopic (exact) mass is 427 g/mol. The average Bonchev–Trinajstić information content (AvgIpc) is 2.55. The quantitative estimate of drug-likeness (QED) is 0.518. The van der Waals surface area contributed by atoms with Crippen molar-refractivity contribution in [1.29, 1.82) is 0 Å². The van der Waals surface area contributed by atoms with Gasteiger partial charge in [0.25, 0.3) is 0 Å². The summed E-state index contributed by atoms with van der Waals surface area (Å²) in [7, 11) is 0. The molecule has 0 spiro atoms. The number of hydrogen-bond donors (Lipinski definition) is 1. The first-order valence-corrected chi connectivity index (χ1v) is 8.51. The predicted molar refractivity (Wildman–Crippen MR) is 95.4 cm³/mol. The van der Waals surface area contributed by atoms with Crippen molar-refractivity contribution in [1.82, 2.24) is 9.97 Å². The van der Waals surface area contributed by atoms with Crippen LogP contribution in [0.2, 0.25) is 0 Å². The SMILES string of the molecule is Cc1nc(NC(C)c2cccc(C(F)(F)F)c2)c2cc(Br)cc(F)c2n1. The minimum absolute atomic E-state index is 0.152. The number of anilines is 1. The lowest BCUT2D eigenvalue weighted by Crippen LogP contribution is -2.12. The maximum Gasteiger partial charge on any atom is 0.416 e. The minimum atomic E-state index is -4.41. The molecule has 0 amide bonds. The van der Waals surface area contributed by atoms with Crippen LogP contribution in [0.4, 0.5) is 23.4 Å². The zero-order valence-corrected chi connectivity index (χ0v) is 15.4. The Balaban J connectivity index is 2.01. The number of aryl methyl sites for hydroxylation is 1. The Morgan fingerprint density at radius 3 is 2.54 bits per heavy atom. The third-order valence-electron chi connectivity index (χ3n) is 3.90. The molecule has 2 aromatic carbocycles. The fraction of sp³-hybridized carbons (Fsp3) is 0.222. The van der Waals surface area contributed by atoms with E-state index in [1.54, 1.807) is 26.0 Å². The van der Waals surface area contributed by atoms with Crippen molar-refractivity contribution in [3.05, 3.63) is 63.6 Å². The molecular weight excluding hydrogens is 414 g/mol. The van der Waals surface area contributed by atoms with Crippen LogP contribution in [0.25, 0.3) is 10.9 Å². The second kappa shape index (κ2) is 6.83. The molecule has 3 nitrogen and oxygen atoms in total. The van der Waals surface area contributed by atoms with Crippen LogP contribution in [0.15, 0.2) is 40.9 Å². The summed E-state index contributed by atoms with van der Waals surface area (Å²) in [5.74, 6) is 0.213. The molecule has 0 aliphatic carbocycles. The van der Waals surface area contributed by atoms with Gasteiger partial charge in [0.15, 0.2) is 5.82 Å². The van der Waals surface area contributed by atoms with Gasteiger partial charge < -0.3 is 5.32 Å². The van der Waals surface area contributed by atoms with Crippen LogP contribution in [0.1, 0.15) is 29.9 Å². The van der Waals surface area contributed by atoms with Gasteiger partial charge in [-0.1, -0.05) is 28.1 Å². The lowest BCUT2D eigenvalue weighted by atomic mass is 10.0. The third kappa shape index (κ3) is 3.80. The highest BCUT2D eigenvalue weighted by Gasteiger charge is 2.30. The number of hydrogen-bond acceptors (Lipinski definition) is 3. The first-order valence-electron chi connectivity index (χ1n) is 7.72. The number of aromatic nitrogens is 2. The Kier molecular flexibility index (Phi) is 4.88. The largest absolute Gasteiger partial charge is 0.416 e. The molecule has 0 bridgehead atoms. The number of halogens is 5. The molecule has 0 saturated carbocycles. The zero-order valence-electron chi connectivity index (χ0n) is 13.8. The van der Waals surface area contributed by atoms with Gasteiger partial charge in [-0.05, 0) is 43.7 Å². The van der Waals surface area contributed by atoms with E-state index in [9.17, 15) is 17.6 Å². The second-order valence-electron chi connectivity index (χ2n) is 5.89. The Bertz CT molecular complexity index is 973. The normalized spacial score (nSPS) is 13.0. The average molecular weight is 428 g/mol. The first kappa shape index (κ1) is 18.6. The summed E-state index contributed by atoms with van der Waals surface area (Å²) in [6.07, 6.45) is -4.41. The topological polar surface area (TPSA) is 37.8 Å². The maximum atomic E-state index is 14.2. The van der Waals surface area contributed by atoms with Gasteiger partial charge in [-0.25, -0.2) is 14.4 Å². The fourth-order valence-corrected chi connectivity index (χ4v) is 3.08. The standard InChI is InChI=1S/C18H14BrF4N3/c1-9(11-4-3-5-12(6-11)18(21,22)23)24-17-14-7-13(19)8-15(20)16(14)25-10(2)26-17/h3-9H,1-2H3,(H,24,25,26). The summed E-state index contributed by atoms with van der Waals surface area (Å²) in [4.78, 5) is 8.40. The summed E-state index contributed by atoms with van der Waals surface area (Å²) >= 11 is 3.23. The van der Waals surface area contributed by atoms with Crippen LogP contribution in [0, 0.1) is 12.7 Å². The molecule has 0 radical (unpaired) electrons. The molecule has 26 heavy (non-hydrogen) atoms. The molecule has 136 valence electrons. The number of fused-ring (bicyclic) bond motifs is 1. The summed E-state index contributed by atoms with van der Waals surface area (Å²) in [5.41, 5.74) is -0.125. The van der Waals surface area contributed by atoms with Crippen molar-refractivity contribution in [2.75, 3.05) is 5.32 Å². The Morgan fingerprint density at radius 2 is 1.85 bits per heavy atom. The van der Waals surface area contributed by atoms with E-state index in [0.717, 1.165) is 12.1 Å². The highest BCUT2D eigenvalue weighted by molar-refractivity contribution is 9.10. The maximum absolute atomic E-state index is 14.2. The molecule has 3 aromatic rings. The van der Waals surface area contributed by atoms with E-state index in [4.69, 9.17) is 0 Å². The van der Waals surface area contributed by atoms with Crippen molar-refractivity contribution in [3.63, 3.8) is 0 Å². The molecular formula is C18H14BrF4N3. The third-order valence-corrected chi connectivity index (χ3v) is 4.36. The van der Waals surface area contributed by atoms with Gasteiger partial charge in [0.2, 0.25) is 0 Å². The molecule has 0 aliphatic heterocycles. The molecule has 3 rings (SSSR count). The fourth-order valence-electron chi connectivity index (χ4n) is 2.65. The zero-order chi connectivity index (χ0) is 19.1. The van der Waals surface area contributed by atoms with Gasteiger partial charge in [0, 0.05) is 15.9 Å². The van der Waals surface area contributed by atoms with Crippen molar-refractivity contribution in [3.8, 4) is 0 Å². The van der Waals surface area contributed by atoms with Gasteiger partial charge in [-0.2, -0.15) is 13.2 Å². The van der Waals surface area contributed by atoms with Crippen molar-refractivity contribution < 1.29 is 17.6 Å². The molecule has 1 aromatic heterocycles. The number of rotatable bonds is 3. The molecule has 1 heterocycles. The van der Waals surface area contributed by atoms with E-state index in [1.807, 2.05) is 0 Å². The lowest BCUT2D eigenvalue weighted by molar-refractivity contribution is -0.137. The summed E-state index contributed by atoms with van der Waals surface area (Å²) in [5, 5.41) is 3.51. The van der Waals surface area contributed by atoms with E-state index in [1.165, 1.54) is 12.1 Å². The van der Waals surface area contributed by atoms with E-state index in [0.29, 0.717) is 27.1 Å². The van der Waals surface area contributed by atoms with Crippen LogP contribution in [-0.4, -0.2) is 9.97 Å². The van der Waals surface area contributed by atoms with Gasteiger partial charge in [0.1, 0.15) is 17.2 Å². The van der Waals surface area contributed by atoms with Crippen molar-refractivity contribution in [2.24, 2.45) is 0 Å². The van der Waals surface area contributed by atoms with Crippen LogP contribution in [-0.2, 0) is 6.18 Å². The van der Waals surface area contributed by atoms with Crippen LogP contribution < -0.4 is 5.32 Å². The molecule has 1 N–H and O–H groups in total. The Hall–Kier alpha value is -2.22. The van der Waals surface area contributed by atoms with E-state index in [2.05, 4.69) is 31.2 Å². The smallest absolute Gasteiger partial charge is 0.363 e. The highest BCUT2D eigenvalue weighted by atomic mass is 79.9. The van der Waals surface area contributed by atoms with Crippen molar-refractivity contribution in [2.45, 2.75) is 26.1 Å². The number of benzene rings is 2. The molecule has 1 unspecified atom stereocenters. The molecule has 8 heteroatoms. The van der Waals surface area contributed by atoms with Crippen molar-refractivity contribution >= 4 is 32.7 Å². The van der Waals surface area contributed by atoms with Gasteiger partial charge >= 0.3 is 6.18 Å².